The fourth-order valence-electron chi connectivity index (χ4n) is 2.75. The van der Waals surface area contributed by atoms with E-state index in [9.17, 15) is 19.7 Å². The van der Waals surface area contributed by atoms with Crippen LogP contribution in [0.4, 0.5) is 17.1 Å². The highest BCUT2D eigenvalue weighted by molar-refractivity contribution is 5.93. The van der Waals surface area contributed by atoms with Crippen LogP contribution >= 0.6 is 0 Å². The number of ether oxygens (including phenoxy) is 1. The Kier molecular flexibility index (Phi) is 6.73. The third-order valence-corrected chi connectivity index (χ3v) is 4.08. The summed E-state index contributed by atoms with van der Waals surface area (Å²) in [5.41, 5.74) is 1.35. The van der Waals surface area contributed by atoms with Crippen LogP contribution in [-0.2, 0) is 16.0 Å². The lowest BCUT2D eigenvalue weighted by atomic mass is 10.1. The molecule has 0 aliphatic carbocycles. The van der Waals surface area contributed by atoms with Gasteiger partial charge in [-0.05, 0) is 24.3 Å². The molecule has 0 bridgehead atoms. The number of hydrogen-bond donors (Lipinski definition) is 2. The van der Waals surface area contributed by atoms with Gasteiger partial charge < -0.3 is 15.4 Å². The lowest BCUT2D eigenvalue weighted by Crippen LogP contribution is -2.20. The normalized spacial score (nSPS) is 10.1. The Balaban J connectivity index is 1.55. The van der Waals surface area contributed by atoms with Crippen LogP contribution in [0.2, 0.25) is 0 Å². The van der Waals surface area contributed by atoms with E-state index >= 15 is 0 Å². The Morgan fingerprint density at radius 1 is 0.833 bits per heavy atom. The van der Waals surface area contributed by atoms with Gasteiger partial charge in [-0.3, -0.25) is 19.7 Å². The molecule has 0 saturated carbocycles. The minimum absolute atomic E-state index is 0.103. The standard InChI is InChI=1S/C22H19N3O5/c26-21(13-16-7-4-5-12-20(16)25(28)29)24-18-10-6-11-19(14-18)30-15-22(27)23-17-8-2-1-3-9-17/h1-12,14H,13,15H2,(H,23,27)(H,24,26). The highest BCUT2D eigenvalue weighted by Gasteiger charge is 2.15. The molecule has 152 valence electrons. The van der Waals surface area contributed by atoms with Crippen LogP contribution in [0.25, 0.3) is 0 Å². The molecule has 0 spiro atoms. The van der Waals surface area contributed by atoms with Gasteiger partial charge in [0.1, 0.15) is 5.75 Å². The molecule has 0 aliphatic heterocycles. The zero-order chi connectivity index (χ0) is 21.3. The molecule has 2 N–H and O–H groups in total. The highest BCUT2D eigenvalue weighted by atomic mass is 16.6. The number of nitro benzene ring substituents is 1. The van der Waals surface area contributed by atoms with Gasteiger partial charge in [0, 0.05) is 29.1 Å². The number of carbonyl (C=O) groups excluding carboxylic acids is 2. The fraction of sp³-hybridized carbons (Fsp3) is 0.0909. The van der Waals surface area contributed by atoms with E-state index in [4.69, 9.17) is 4.74 Å². The van der Waals surface area contributed by atoms with Crippen LogP contribution in [0.5, 0.6) is 5.75 Å². The predicted molar refractivity (Wildman–Crippen MR) is 112 cm³/mol. The van der Waals surface area contributed by atoms with Crippen LogP contribution in [0, 0.1) is 10.1 Å². The quantitative estimate of drug-likeness (QED) is 0.438. The first kappa shape index (κ1) is 20.5. The van der Waals surface area contributed by atoms with E-state index in [1.54, 1.807) is 54.6 Å². The monoisotopic (exact) mass is 405 g/mol. The molecule has 3 aromatic rings. The van der Waals surface area contributed by atoms with Crippen molar-refractivity contribution in [3.05, 3.63) is 94.5 Å². The summed E-state index contributed by atoms with van der Waals surface area (Å²) in [7, 11) is 0. The van der Waals surface area contributed by atoms with E-state index < -0.39 is 10.8 Å². The third kappa shape index (κ3) is 5.90. The van der Waals surface area contributed by atoms with Gasteiger partial charge in [-0.25, -0.2) is 0 Å². The Bertz CT molecular complexity index is 1050. The smallest absolute Gasteiger partial charge is 0.273 e. The zero-order valence-electron chi connectivity index (χ0n) is 15.9. The van der Waals surface area contributed by atoms with Crippen LogP contribution in [0.1, 0.15) is 5.56 Å². The Hall–Kier alpha value is -4.20. The Morgan fingerprint density at radius 2 is 1.50 bits per heavy atom. The Labute approximate surface area is 172 Å². The van der Waals surface area contributed by atoms with Crippen LogP contribution in [-0.4, -0.2) is 23.3 Å². The van der Waals surface area contributed by atoms with Crippen molar-refractivity contribution in [2.24, 2.45) is 0 Å². The molecule has 30 heavy (non-hydrogen) atoms. The molecular formula is C22H19N3O5. The van der Waals surface area contributed by atoms with Gasteiger partial charge >= 0.3 is 0 Å². The number of hydrogen-bond acceptors (Lipinski definition) is 5. The summed E-state index contributed by atoms with van der Waals surface area (Å²) in [6.45, 7) is -0.192. The lowest BCUT2D eigenvalue weighted by Gasteiger charge is -2.10. The van der Waals surface area contributed by atoms with E-state index in [2.05, 4.69) is 10.6 Å². The summed E-state index contributed by atoms with van der Waals surface area (Å²) in [6, 6.07) is 21.7. The maximum absolute atomic E-state index is 12.3. The van der Waals surface area contributed by atoms with E-state index in [1.807, 2.05) is 18.2 Å². The van der Waals surface area contributed by atoms with E-state index in [1.165, 1.54) is 6.07 Å². The molecule has 2 amide bonds. The van der Waals surface area contributed by atoms with E-state index in [0.717, 1.165) is 0 Å². The molecule has 8 heteroatoms. The van der Waals surface area contributed by atoms with Crippen molar-refractivity contribution in [1.82, 2.24) is 0 Å². The average Bonchev–Trinajstić information content (AvgIpc) is 2.73. The largest absolute Gasteiger partial charge is 0.484 e. The molecule has 0 aliphatic rings. The van der Waals surface area contributed by atoms with Gasteiger partial charge in [0.05, 0.1) is 11.3 Å². The zero-order valence-corrected chi connectivity index (χ0v) is 15.9. The predicted octanol–water partition coefficient (Wildman–Crippen LogP) is 3.79. The molecule has 3 aromatic carbocycles. The third-order valence-electron chi connectivity index (χ3n) is 4.08. The van der Waals surface area contributed by atoms with Gasteiger partial charge in [0.25, 0.3) is 11.6 Å². The minimum Gasteiger partial charge on any atom is -0.484 e. The van der Waals surface area contributed by atoms with Gasteiger partial charge in [-0.1, -0.05) is 42.5 Å². The summed E-state index contributed by atoms with van der Waals surface area (Å²) < 4.78 is 5.48. The second-order valence-corrected chi connectivity index (χ2v) is 6.34. The number of para-hydroxylation sites is 2. The first-order chi connectivity index (χ1) is 14.5. The SMILES string of the molecule is O=C(COc1cccc(NC(=O)Cc2ccccc2[N+](=O)[O-])c1)Nc1ccccc1. The molecule has 0 radical (unpaired) electrons. The van der Waals surface area contributed by atoms with Crippen LogP contribution in [0.3, 0.4) is 0 Å². The fourth-order valence-corrected chi connectivity index (χ4v) is 2.75. The number of nitro groups is 1. The molecule has 8 nitrogen and oxygen atoms in total. The number of benzene rings is 3. The van der Waals surface area contributed by atoms with Crippen LogP contribution < -0.4 is 15.4 Å². The van der Waals surface area contributed by atoms with Crippen molar-refractivity contribution in [2.45, 2.75) is 6.42 Å². The highest BCUT2D eigenvalue weighted by Crippen LogP contribution is 2.20. The minimum atomic E-state index is -0.516. The number of rotatable bonds is 8. The van der Waals surface area contributed by atoms with Crippen molar-refractivity contribution in [3.8, 4) is 5.75 Å². The summed E-state index contributed by atoms with van der Waals surface area (Å²) >= 11 is 0. The maximum Gasteiger partial charge on any atom is 0.273 e. The molecule has 0 heterocycles. The molecule has 0 saturated heterocycles. The van der Waals surface area contributed by atoms with Crippen molar-refractivity contribution >= 4 is 28.9 Å². The summed E-state index contributed by atoms with van der Waals surface area (Å²) in [6.07, 6.45) is -0.137. The van der Waals surface area contributed by atoms with Gasteiger partial charge in [-0.2, -0.15) is 0 Å². The number of amides is 2. The molecule has 3 rings (SSSR count). The number of carbonyl (C=O) groups is 2. The molecule has 0 atom stereocenters. The lowest BCUT2D eigenvalue weighted by molar-refractivity contribution is -0.385. The first-order valence-electron chi connectivity index (χ1n) is 9.11. The molecular weight excluding hydrogens is 386 g/mol. The van der Waals surface area contributed by atoms with Gasteiger partial charge in [-0.15, -0.1) is 0 Å². The summed E-state index contributed by atoms with van der Waals surface area (Å²) in [5.74, 6) is -0.308. The van der Waals surface area contributed by atoms with Gasteiger partial charge in [0.2, 0.25) is 5.91 Å². The number of anilines is 2. The first-order valence-corrected chi connectivity index (χ1v) is 9.11. The number of nitrogens with one attached hydrogen (secondary N) is 2. The van der Waals surface area contributed by atoms with Crippen molar-refractivity contribution in [3.63, 3.8) is 0 Å². The van der Waals surface area contributed by atoms with E-state index in [0.29, 0.717) is 22.7 Å². The second-order valence-electron chi connectivity index (χ2n) is 6.34. The second kappa shape index (κ2) is 9.83. The van der Waals surface area contributed by atoms with E-state index in [-0.39, 0.29) is 24.6 Å². The van der Waals surface area contributed by atoms with Crippen LogP contribution in [0.15, 0.2) is 78.9 Å². The van der Waals surface area contributed by atoms with Crippen molar-refractivity contribution < 1.29 is 19.2 Å². The topological polar surface area (TPSA) is 111 Å². The number of nitrogens with zero attached hydrogens (tertiary/aromatic N) is 1. The maximum atomic E-state index is 12.3. The molecule has 0 fully saturated rings. The average molecular weight is 405 g/mol. The molecule has 0 aromatic heterocycles. The van der Waals surface area contributed by atoms with Gasteiger partial charge in [0.15, 0.2) is 6.61 Å². The summed E-state index contributed by atoms with van der Waals surface area (Å²) in [5, 5.41) is 16.5. The molecule has 0 unspecified atom stereocenters. The van der Waals surface area contributed by atoms with Crippen molar-refractivity contribution in [2.75, 3.05) is 17.2 Å². The van der Waals surface area contributed by atoms with Crippen molar-refractivity contribution in [1.29, 1.82) is 0 Å². The summed E-state index contributed by atoms with van der Waals surface area (Å²) in [4.78, 5) is 34.8. The Morgan fingerprint density at radius 3 is 2.27 bits per heavy atom.